The average molecular weight is 571 g/mol. The van der Waals surface area contributed by atoms with Crippen LogP contribution in [0.3, 0.4) is 0 Å². The van der Waals surface area contributed by atoms with Crippen LogP contribution in [0.25, 0.3) is 5.76 Å². The molecule has 0 radical (unpaired) electrons. The number of aryl methyl sites for hydroxylation is 1. The maximum Gasteiger partial charge on any atom is 0.350 e. The van der Waals surface area contributed by atoms with E-state index in [9.17, 15) is 19.5 Å². The Labute approximate surface area is 220 Å². The third-order valence-corrected chi connectivity index (χ3v) is 7.11. The number of Topliss-reactive ketones (excluding diaryl/α,β-unsaturated/α-hetero) is 1. The number of ketones is 1. The van der Waals surface area contributed by atoms with E-state index < -0.39 is 23.7 Å². The van der Waals surface area contributed by atoms with Crippen LogP contribution in [0.1, 0.15) is 46.4 Å². The zero-order chi connectivity index (χ0) is 26.0. The predicted octanol–water partition coefficient (Wildman–Crippen LogP) is 5.42. The van der Waals surface area contributed by atoms with E-state index in [0.717, 1.165) is 15.8 Å². The van der Waals surface area contributed by atoms with Crippen LogP contribution in [0.5, 0.6) is 5.75 Å². The van der Waals surface area contributed by atoms with Crippen molar-refractivity contribution in [2.75, 3.05) is 18.1 Å². The number of esters is 1. The number of aliphatic hydroxyl groups excluding tert-OH is 1. The number of nitrogens with zero attached hydrogens (tertiary/aromatic N) is 2. The molecule has 0 spiro atoms. The minimum absolute atomic E-state index is 0.0858. The maximum absolute atomic E-state index is 13.4. The summed E-state index contributed by atoms with van der Waals surface area (Å²) in [5.74, 6) is -2.08. The summed E-state index contributed by atoms with van der Waals surface area (Å²) in [4.78, 5) is 45.0. The molecule has 0 bridgehead atoms. The normalized spacial score (nSPS) is 16.9. The molecule has 186 valence electrons. The quantitative estimate of drug-likeness (QED) is 0.175. The van der Waals surface area contributed by atoms with Gasteiger partial charge in [0.1, 0.15) is 16.4 Å². The fourth-order valence-corrected chi connectivity index (χ4v) is 5.35. The lowest BCUT2D eigenvalue weighted by atomic mass is 9.95. The van der Waals surface area contributed by atoms with Gasteiger partial charge in [0.2, 0.25) is 0 Å². The van der Waals surface area contributed by atoms with Crippen molar-refractivity contribution in [1.82, 2.24) is 4.98 Å². The molecule has 0 saturated carbocycles. The third-order valence-electron chi connectivity index (χ3n) is 5.48. The van der Waals surface area contributed by atoms with Gasteiger partial charge in [0, 0.05) is 10.0 Å². The zero-order valence-corrected chi connectivity index (χ0v) is 22.2. The highest BCUT2D eigenvalue weighted by atomic mass is 79.9. The Balaban J connectivity index is 1.91. The summed E-state index contributed by atoms with van der Waals surface area (Å²) in [5.41, 5.74) is 1.21. The smallest absolute Gasteiger partial charge is 0.350 e. The largest absolute Gasteiger partial charge is 0.507 e. The van der Waals surface area contributed by atoms with Crippen LogP contribution in [0.2, 0.25) is 0 Å². The van der Waals surface area contributed by atoms with Crippen molar-refractivity contribution in [2.24, 2.45) is 0 Å². The van der Waals surface area contributed by atoms with Gasteiger partial charge in [-0.25, -0.2) is 9.78 Å². The first-order valence-electron chi connectivity index (χ1n) is 11.2. The van der Waals surface area contributed by atoms with Crippen molar-refractivity contribution in [3.8, 4) is 5.75 Å². The van der Waals surface area contributed by atoms with Crippen LogP contribution < -0.4 is 9.64 Å². The Morgan fingerprint density at radius 1 is 1.14 bits per heavy atom. The third kappa shape index (κ3) is 4.78. The van der Waals surface area contributed by atoms with Crippen molar-refractivity contribution in [3.63, 3.8) is 0 Å². The molecule has 1 aromatic heterocycles. The first-order valence-corrected chi connectivity index (χ1v) is 12.8. The van der Waals surface area contributed by atoms with E-state index in [2.05, 4.69) is 20.9 Å². The predicted molar refractivity (Wildman–Crippen MR) is 139 cm³/mol. The van der Waals surface area contributed by atoms with Crippen molar-refractivity contribution >= 4 is 55.8 Å². The number of carbonyl (C=O) groups is 3. The number of anilines is 1. The second-order valence-corrected chi connectivity index (χ2v) is 9.71. The van der Waals surface area contributed by atoms with Crippen LogP contribution in [0.15, 0.2) is 58.6 Å². The fraction of sp³-hybridized carbons (Fsp3) is 0.231. The highest BCUT2D eigenvalue weighted by molar-refractivity contribution is 9.10. The molecule has 0 aliphatic carbocycles. The van der Waals surface area contributed by atoms with Crippen LogP contribution >= 0.6 is 27.3 Å². The van der Waals surface area contributed by atoms with Gasteiger partial charge in [-0.15, -0.1) is 0 Å². The number of rotatable bonds is 7. The highest BCUT2D eigenvalue weighted by Gasteiger charge is 2.48. The summed E-state index contributed by atoms with van der Waals surface area (Å²) in [5, 5.41) is 11.5. The zero-order valence-electron chi connectivity index (χ0n) is 19.8. The van der Waals surface area contributed by atoms with E-state index >= 15 is 0 Å². The van der Waals surface area contributed by atoms with Gasteiger partial charge in [0.15, 0.2) is 5.13 Å². The Hall–Kier alpha value is -3.50. The van der Waals surface area contributed by atoms with Crippen molar-refractivity contribution in [2.45, 2.75) is 26.8 Å². The van der Waals surface area contributed by atoms with E-state index in [-0.39, 0.29) is 27.9 Å². The molecule has 2 aromatic carbocycles. The first kappa shape index (κ1) is 25.6. The number of halogens is 1. The minimum Gasteiger partial charge on any atom is -0.507 e. The molecule has 1 saturated heterocycles. The fourth-order valence-electron chi connectivity index (χ4n) is 3.95. The molecule has 1 atom stereocenters. The molecule has 1 unspecified atom stereocenters. The second-order valence-electron chi connectivity index (χ2n) is 7.82. The van der Waals surface area contributed by atoms with Crippen LogP contribution in [-0.2, 0) is 14.3 Å². The Morgan fingerprint density at radius 3 is 2.58 bits per heavy atom. The Bertz CT molecular complexity index is 1380. The van der Waals surface area contributed by atoms with Gasteiger partial charge in [-0.3, -0.25) is 14.5 Å². The molecule has 2 heterocycles. The molecule has 1 aliphatic rings. The van der Waals surface area contributed by atoms with Crippen LogP contribution in [0, 0.1) is 6.92 Å². The van der Waals surface area contributed by atoms with E-state index in [0.29, 0.717) is 29.2 Å². The van der Waals surface area contributed by atoms with Gasteiger partial charge in [-0.1, -0.05) is 51.5 Å². The van der Waals surface area contributed by atoms with Gasteiger partial charge >= 0.3 is 11.9 Å². The number of ether oxygens (including phenoxy) is 2. The lowest BCUT2D eigenvalue weighted by molar-refractivity contribution is -0.132. The molecule has 3 aromatic rings. The van der Waals surface area contributed by atoms with E-state index in [1.807, 2.05) is 13.0 Å². The number of benzene rings is 2. The Morgan fingerprint density at radius 2 is 1.89 bits per heavy atom. The SMILES string of the molecule is CCOC(=O)c1sc(N2C(=O)C(=O)/C(=C(/O)c3cccc(OCC)c3)C2c2cccc(Br)c2)nc1C. The van der Waals surface area contributed by atoms with E-state index in [4.69, 9.17) is 9.47 Å². The molecular formula is C26H23BrN2O6S. The molecule has 1 fully saturated rings. The monoisotopic (exact) mass is 570 g/mol. The number of thiazole rings is 1. The summed E-state index contributed by atoms with van der Waals surface area (Å²) >= 11 is 4.40. The number of aliphatic hydroxyl groups is 1. The van der Waals surface area contributed by atoms with Gasteiger partial charge in [-0.2, -0.15) is 0 Å². The summed E-state index contributed by atoms with van der Waals surface area (Å²) in [6, 6.07) is 12.8. The van der Waals surface area contributed by atoms with Gasteiger partial charge in [0.05, 0.1) is 30.5 Å². The van der Waals surface area contributed by atoms with Gasteiger partial charge in [-0.05, 0) is 50.6 Å². The molecule has 8 nitrogen and oxygen atoms in total. The topological polar surface area (TPSA) is 106 Å². The number of hydrogen-bond donors (Lipinski definition) is 1. The van der Waals surface area contributed by atoms with Gasteiger partial charge in [0.25, 0.3) is 5.78 Å². The summed E-state index contributed by atoms with van der Waals surface area (Å²) in [6.45, 7) is 5.79. The molecule has 1 N–H and O–H groups in total. The molecule has 1 amide bonds. The lowest BCUT2D eigenvalue weighted by Gasteiger charge is -2.23. The van der Waals surface area contributed by atoms with E-state index in [1.54, 1.807) is 56.3 Å². The number of carbonyl (C=O) groups excluding carboxylic acids is 3. The summed E-state index contributed by atoms with van der Waals surface area (Å²) in [7, 11) is 0. The van der Waals surface area contributed by atoms with Crippen molar-refractivity contribution < 1.29 is 29.0 Å². The van der Waals surface area contributed by atoms with Crippen LogP contribution in [-0.4, -0.2) is 41.0 Å². The first-order chi connectivity index (χ1) is 17.3. The number of hydrogen-bond acceptors (Lipinski definition) is 8. The van der Waals surface area contributed by atoms with Crippen molar-refractivity contribution in [1.29, 1.82) is 0 Å². The Kier molecular flexibility index (Phi) is 7.56. The highest BCUT2D eigenvalue weighted by Crippen LogP contribution is 2.44. The maximum atomic E-state index is 13.4. The summed E-state index contributed by atoms with van der Waals surface area (Å²) in [6.07, 6.45) is 0. The molecule has 10 heteroatoms. The van der Waals surface area contributed by atoms with E-state index in [1.165, 1.54) is 4.90 Å². The minimum atomic E-state index is -0.973. The standard InChI is InChI=1S/C26H23BrN2O6S/c1-4-34-18-11-7-9-16(13-18)21(30)19-20(15-8-6-10-17(27)12-15)29(24(32)22(19)31)26-28-14(3)23(36-26)25(33)35-5-2/h6-13,20,30H,4-5H2,1-3H3/b21-19+. The number of amides is 1. The molecule has 36 heavy (non-hydrogen) atoms. The lowest BCUT2D eigenvalue weighted by Crippen LogP contribution is -2.29. The summed E-state index contributed by atoms with van der Waals surface area (Å²) < 4.78 is 11.4. The second kappa shape index (κ2) is 10.6. The van der Waals surface area contributed by atoms with Crippen LogP contribution in [0.4, 0.5) is 5.13 Å². The average Bonchev–Trinajstić information content (AvgIpc) is 3.36. The molecule has 4 rings (SSSR count). The number of aromatic nitrogens is 1. The van der Waals surface area contributed by atoms with Crippen molar-refractivity contribution in [3.05, 3.63) is 80.3 Å². The molecule has 1 aliphatic heterocycles. The van der Waals surface area contributed by atoms with Gasteiger partial charge < -0.3 is 14.6 Å². The molecular weight excluding hydrogens is 548 g/mol.